The van der Waals surface area contributed by atoms with Gasteiger partial charge in [-0.1, -0.05) is 17.3 Å². The molecule has 2 aromatic rings. The summed E-state index contributed by atoms with van der Waals surface area (Å²) in [4.78, 5) is 12.1. The Morgan fingerprint density at radius 3 is 2.12 bits per heavy atom. The highest BCUT2D eigenvalue weighted by Gasteiger charge is 2.13. The van der Waals surface area contributed by atoms with Crippen LogP contribution < -0.4 is 5.32 Å². The number of hydrogen-bond donors (Lipinski definition) is 4. The molecule has 1 amide bonds. The van der Waals surface area contributed by atoms with E-state index in [1.807, 2.05) is 0 Å². The van der Waals surface area contributed by atoms with Gasteiger partial charge in [0.1, 0.15) is 17.2 Å². The van der Waals surface area contributed by atoms with Gasteiger partial charge in [0.15, 0.2) is 0 Å². The largest absolute Gasteiger partial charge is 0.507 e. The minimum atomic E-state index is -0.468. The van der Waals surface area contributed by atoms with Gasteiger partial charge in [0.05, 0.1) is 8.95 Å². The summed E-state index contributed by atoms with van der Waals surface area (Å²) in [6.45, 7) is 0.355. The number of phenolic OH excluding ortho intramolecular Hbond substituents is 2. The quantitative estimate of drug-likeness (QED) is 0.294. The maximum absolute atomic E-state index is 12.1. The monoisotopic (exact) mass is 470 g/mol. The topological polar surface area (TPSA) is 102 Å². The highest BCUT2D eigenvalue weighted by atomic mass is 79.9. The zero-order valence-corrected chi connectivity index (χ0v) is 16.2. The zero-order chi connectivity index (χ0) is 18.4. The highest BCUT2D eigenvalue weighted by Crippen LogP contribution is 2.25. The molecule has 0 aliphatic rings. The normalized spacial score (nSPS) is 11.4. The summed E-state index contributed by atoms with van der Waals surface area (Å²) in [5, 5.41) is 33.8. The van der Waals surface area contributed by atoms with Crippen LogP contribution in [0.15, 0.2) is 50.5 Å². The second-order valence-electron chi connectivity index (χ2n) is 5.30. The van der Waals surface area contributed by atoms with Crippen molar-refractivity contribution in [1.29, 1.82) is 0 Å². The molecule has 0 fully saturated rings. The van der Waals surface area contributed by atoms with Crippen LogP contribution in [0.1, 0.15) is 11.1 Å². The Balaban J connectivity index is 1.91. The first-order valence-electron chi connectivity index (χ1n) is 7.34. The molecule has 0 saturated carbocycles. The van der Waals surface area contributed by atoms with Gasteiger partial charge in [-0.2, -0.15) is 0 Å². The predicted molar refractivity (Wildman–Crippen MR) is 101 cm³/mol. The summed E-state index contributed by atoms with van der Waals surface area (Å²) in [6, 6.07) is 9.91. The van der Waals surface area contributed by atoms with Crippen molar-refractivity contribution in [2.45, 2.75) is 12.8 Å². The summed E-state index contributed by atoms with van der Waals surface area (Å²) < 4.78 is 1.09. The number of phenols is 2. The smallest absolute Gasteiger partial charge is 0.269 e. The van der Waals surface area contributed by atoms with E-state index in [0.717, 1.165) is 11.1 Å². The number of amides is 1. The van der Waals surface area contributed by atoms with Gasteiger partial charge < -0.3 is 20.7 Å². The fraction of sp³-hybridized carbons (Fsp3) is 0.176. The van der Waals surface area contributed by atoms with E-state index in [4.69, 9.17) is 5.21 Å². The van der Waals surface area contributed by atoms with E-state index in [2.05, 4.69) is 42.3 Å². The molecule has 0 atom stereocenters. The molecular formula is C17H16Br2N2O4. The van der Waals surface area contributed by atoms with E-state index < -0.39 is 5.91 Å². The van der Waals surface area contributed by atoms with E-state index in [1.165, 1.54) is 6.07 Å². The van der Waals surface area contributed by atoms with Gasteiger partial charge in [-0.05, 0) is 73.7 Å². The number of hydrogen-bond acceptors (Lipinski definition) is 5. The van der Waals surface area contributed by atoms with E-state index in [9.17, 15) is 15.0 Å². The van der Waals surface area contributed by atoms with Gasteiger partial charge in [-0.25, -0.2) is 0 Å². The van der Waals surface area contributed by atoms with Crippen molar-refractivity contribution in [2.24, 2.45) is 5.16 Å². The summed E-state index contributed by atoms with van der Waals surface area (Å²) in [7, 11) is 0. The fourth-order valence-corrected chi connectivity index (χ4v) is 3.00. The molecule has 4 N–H and O–H groups in total. The summed E-state index contributed by atoms with van der Waals surface area (Å²) in [5.41, 5.74) is 1.63. The molecular weight excluding hydrogens is 456 g/mol. The van der Waals surface area contributed by atoms with Crippen LogP contribution in [0, 0.1) is 0 Å². The van der Waals surface area contributed by atoms with E-state index in [-0.39, 0.29) is 23.6 Å². The lowest BCUT2D eigenvalue weighted by Gasteiger charge is -2.08. The van der Waals surface area contributed by atoms with Crippen molar-refractivity contribution in [3.8, 4) is 11.5 Å². The molecule has 0 saturated heterocycles. The Labute approximate surface area is 161 Å². The van der Waals surface area contributed by atoms with Gasteiger partial charge in [0, 0.05) is 13.0 Å². The molecule has 0 radical (unpaired) electrons. The van der Waals surface area contributed by atoms with Crippen molar-refractivity contribution >= 4 is 43.5 Å². The predicted octanol–water partition coefficient (Wildman–Crippen LogP) is 3.35. The minimum Gasteiger partial charge on any atom is -0.507 e. The molecule has 8 heteroatoms. The number of nitrogens with one attached hydrogen (secondary N) is 1. The zero-order valence-electron chi connectivity index (χ0n) is 13.0. The van der Waals surface area contributed by atoms with Gasteiger partial charge in [-0.3, -0.25) is 4.79 Å². The first kappa shape index (κ1) is 19.3. The Kier molecular flexibility index (Phi) is 6.83. The molecule has 25 heavy (non-hydrogen) atoms. The van der Waals surface area contributed by atoms with E-state index in [0.29, 0.717) is 21.9 Å². The van der Waals surface area contributed by atoms with E-state index >= 15 is 0 Å². The van der Waals surface area contributed by atoms with Crippen molar-refractivity contribution in [3.63, 3.8) is 0 Å². The maximum atomic E-state index is 12.1. The van der Waals surface area contributed by atoms with Gasteiger partial charge in [0.2, 0.25) is 0 Å². The lowest BCUT2D eigenvalue weighted by Crippen LogP contribution is -2.33. The molecule has 0 bridgehead atoms. The molecule has 6 nitrogen and oxygen atoms in total. The third-order valence-electron chi connectivity index (χ3n) is 3.48. The number of halogens is 2. The number of aromatic hydroxyl groups is 2. The van der Waals surface area contributed by atoms with E-state index in [1.54, 1.807) is 30.3 Å². The van der Waals surface area contributed by atoms with Crippen LogP contribution in [0.4, 0.5) is 0 Å². The van der Waals surface area contributed by atoms with Crippen molar-refractivity contribution in [1.82, 2.24) is 5.32 Å². The van der Waals surface area contributed by atoms with Crippen LogP contribution in [0.25, 0.3) is 0 Å². The average Bonchev–Trinajstić information content (AvgIpc) is 2.58. The Bertz CT molecular complexity index is 809. The van der Waals surface area contributed by atoms with Gasteiger partial charge >= 0.3 is 0 Å². The van der Waals surface area contributed by atoms with Crippen LogP contribution in [0.3, 0.4) is 0 Å². The second kappa shape index (κ2) is 8.87. The Morgan fingerprint density at radius 2 is 1.56 bits per heavy atom. The lowest BCUT2D eigenvalue weighted by atomic mass is 10.1. The Hall–Kier alpha value is -2.06. The van der Waals surface area contributed by atoms with Crippen LogP contribution in [-0.4, -0.2) is 33.6 Å². The van der Waals surface area contributed by atoms with Crippen molar-refractivity contribution in [2.75, 3.05) is 6.54 Å². The van der Waals surface area contributed by atoms with Crippen molar-refractivity contribution < 1.29 is 20.2 Å². The SMILES string of the molecule is O=C(NCCc1ccc(O)c(Br)c1)/C(Cc1ccc(O)c(Br)c1)=N\O. The molecule has 0 aliphatic carbocycles. The third-order valence-corrected chi connectivity index (χ3v) is 4.75. The number of carbonyl (C=O) groups is 1. The number of rotatable bonds is 6. The molecule has 0 spiro atoms. The van der Waals surface area contributed by atoms with Crippen molar-refractivity contribution in [3.05, 3.63) is 56.5 Å². The Morgan fingerprint density at radius 1 is 1.00 bits per heavy atom. The van der Waals surface area contributed by atoms with Gasteiger partial charge in [0.25, 0.3) is 5.91 Å². The van der Waals surface area contributed by atoms with Crippen LogP contribution in [0.2, 0.25) is 0 Å². The molecule has 0 aromatic heterocycles. The molecule has 0 heterocycles. The number of nitrogens with zero attached hydrogens (tertiary/aromatic N) is 1. The third kappa shape index (κ3) is 5.47. The molecule has 0 unspecified atom stereocenters. The van der Waals surface area contributed by atoms with Crippen LogP contribution in [0.5, 0.6) is 11.5 Å². The molecule has 132 valence electrons. The first-order valence-corrected chi connectivity index (χ1v) is 8.93. The maximum Gasteiger partial charge on any atom is 0.269 e. The first-order chi connectivity index (χ1) is 11.9. The van der Waals surface area contributed by atoms with Crippen LogP contribution in [-0.2, 0) is 17.6 Å². The average molecular weight is 472 g/mol. The standard InChI is InChI=1S/C17H16Br2N2O4/c18-12-7-10(1-3-15(12)22)5-6-20-17(24)14(21-25)9-11-2-4-16(23)13(19)8-11/h1-4,7-8,22-23,25H,5-6,9H2,(H,20,24)/b21-14-. The number of benzene rings is 2. The summed E-state index contributed by atoms with van der Waals surface area (Å²) in [5.74, 6) is -0.220. The highest BCUT2D eigenvalue weighted by molar-refractivity contribution is 9.10. The lowest BCUT2D eigenvalue weighted by molar-refractivity contribution is -0.115. The molecule has 0 aliphatic heterocycles. The fourth-order valence-electron chi connectivity index (χ4n) is 2.14. The number of oxime groups is 1. The molecule has 2 aromatic carbocycles. The van der Waals surface area contributed by atoms with Gasteiger partial charge in [-0.15, -0.1) is 0 Å². The number of carbonyl (C=O) groups excluding carboxylic acids is 1. The van der Waals surface area contributed by atoms with Crippen LogP contribution >= 0.6 is 31.9 Å². The minimum absolute atomic E-state index is 0.0236. The summed E-state index contributed by atoms with van der Waals surface area (Å²) >= 11 is 6.44. The molecule has 2 rings (SSSR count). The summed E-state index contributed by atoms with van der Waals surface area (Å²) in [6.07, 6.45) is 0.695. The second-order valence-corrected chi connectivity index (χ2v) is 7.01.